The highest BCUT2D eigenvalue weighted by Gasteiger charge is 2.18. The Balaban J connectivity index is 2.43. The summed E-state index contributed by atoms with van der Waals surface area (Å²) in [5, 5.41) is 8.36. The third-order valence-electron chi connectivity index (χ3n) is 3.04. The highest BCUT2D eigenvalue weighted by atomic mass is 16.2. The normalized spacial score (nSPS) is 10.8. The van der Waals surface area contributed by atoms with Crippen molar-refractivity contribution in [1.82, 2.24) is 19.6 Å². The van der Waals surface area contributed by atoms with Gasteiger partial charge in [0, 0.05) is 18.1 Å². The first-order valence-corrected chi connectivity index (χ1v) is 6.30. The van der Waals surface area contributed by atoms with Crippen molar-refractivity contribution in [3.8, 4) is 0 Å². The van der Waals surface area contributed by atoms with Gasteiger partial charge in [0.25, 0.3) is 0 Å². The van der Waals surface area contributed by atoms with Crippen molar-refractivity contribution in [2.75, 3.05) is 0 Å². The van der Waals surface area contributed by atoms with Crippen LogP contribution in [0.1, 0.15) is 37.2 Å². The number of carbonyl (C=O) groups excluding carboxylic acids is 1. The minimum Gasteiger partial charge on any atom is -0.244 e. The Morgan fingerprint density at radius 1 is 1.39 bits per heavy atom. The monoisotopic (exact) mass is 246 g/mol. The van der Waals surface area contributed by atoms with Crippen molar-refractivity contribution >= 4 is 6.03 Å². The van der Waals surface area contributed by atoms with Crippen molar-refractivity contribution in [1.29, 1.82) is 0 Å². The van der Waals surface area contributed by atoms with E-state index >= 15 is 0 Å². The number of carbonyl (C=O) groups is 1. The van der Waals surface area contributed by atoms with Gasteiger partial charge in [-0.15, -0.1) is 0 Å². The van der Waals surface area contributed by atoms with E-state index in [1.54, 1.807) is 18.5 Å². The van der Waals surface area contributed by atoms with Crippen molar-refractivity contribution in [3.05, 3.63) is 35.4 Å². The van der Waals surface area contributed by atoms with Crippen LogP contribution in [-0.2, 0) is 12.8 Å². The first-order valence-electron chi connectivity index (χ1n) is 6.30. The topological polar surface area (TPSA) is 52.7 Å². The lowest BCUT2D eigenvalue weighted by molar-refractivity contribution is 0.237. The van der Waals surface area contributed by atoms with E-state index in [1.165, 1.54) is 14.9 Å². The van der Waals surface area contributed by atoms with Gasteiger partial charge in [0.15, 0.2) is 0 Å². The summed E-state index contributed by atoms with van der Waals surface area (Å²) >= 11 is 0. The lowest BCUT2D eigenvalue weighted by atomic mass is 10.1. The zero-order chi connectivity index (χ0) is 13.1. The van der Waals surface area contributed by atoms with Crippen molar-refractivity contribution in [2.45, 2.75) is 40.0 Å². The Hall–Kier alpha value is -1.91. The Kier molecular flexibility index (Phi) is 3.60. The molecule has 0 saturated carbocycles. The van der Waals surface area contributed by atoms with E-state index in [9.17, 15) is 4.79 Å². The molecular formula is C13H18N4O. The largest absolute Gasteiger partial charge is 0.369 e. The van der Waals surface area contributed by atoms with Crippen LogP contribution < -0.4 is 0 Å². The van der Waals surface area contributed by atoms with E-state index in [0.29, 0.717) is 0 Å². The van der Waals surface area contributed by atoms with E-state index in [4.69, 9.17) is 0 Å². The minimum atomic E-state index is -0.227. The molecule has 0 saturated heterocycles. The minimum absolute atomic E-state index is 0.227. The van der Waals surface area contributed by atoms with Crippen LogP contribution in [0.25, 0.3) is 0 Å². The Labute approximate surface area is 106 Å². The fourth-order valence-corrected chi connectivity index (χ4v) is 2.12. The van der Waals surface area contributed by atoms with E-state index in [0.717, 1.165) is 30.7 Å². The maximum Gasteiger partial charge on any atom is 0.369 e. The zero-order valence-electron chi connectivity index (χ0n) is 11.1. The molecule has 0 N–H and O–H groups in total. The summed E-state index contributed by atoms with van der Waals surface area (Å²) in [6, 6.07) is 1.50. The third-order valence-corrected chi connectivity index (χ3v) is 3.04. The molecule has 5 nitrogen and oxygen atoms in total. The highest BCUT2D eigenvalue weighted by molar-refractivity contribution is 5.78. The lowest BCUT2D eigenvalue weighted by Crippen LogP contribution is -2.22. The van der Waals surface area contributed by atoms with Gasteiger partial charge in [-0.3, -0.25) is 0 Å². The van der Waals surface area contributed by atoms with Gasteiger partial charge in [0.2, 0.25) is 0 Å². The molecule has 96 valence electrons. The predicted molar refractivity (Wildman–Crippen MR) is 68.8 cm³/mol. The maximum atomic E-state index is 12.2. The van der Waals surface area contributed by atoms with Gasteiger partial charge in [-0.05, 0) is 31.4 Å². The molecule has 18 heavy (non-hydrogen) atoms. The summed E-state index contributed by atoms with van der Waals surface area (Å²) in [5.41, 5.74) is 3.13. The lowest BCUT2D eigenvalue weighted by Gasteiger charge is -2.03. The summed E-state index contributed by atoms with van der Waals surface area (Å²) in [5.74, 6) is 0. The molecule has 0 fully saturated rings. The molecule has 0 spiro atoms. The molecule has 5 heteroatoms. The molecule has 2 aromatic rings. The third kappa shape index (κ3) is 2.08. The Bertz CT molecular complexity index is 540. The van der Waals surface area contributed by atoms with Crippen molar-refractivity contribution in [2.24, 2.45) is 0 Å². The number of aromatic nitrogens is 4. The Morgan fingerprint density at radius 2 is 2.17 bits per heavy atom. The fraction of sp³-hybridized carbons (Fsp3) is 0.462. The zero-order valence-corrected chi connectivity index (χ0v) is 11.1. The molecule has 0 aliphatic heterocycles. The van der Waals surface area contributed by atoms with Crippen LogP contribution >= 0.6 is 0 Å². The Morgan fingerprint density at radius 3 is 2.72 bits per heavy atom. The van der Waals surface area contributed by atoms with Crippen LogP contribution in [0.4, 0.5) is 4.79 Å². The smallest absolute Gasteiger partial charge is 0.244 e. The molecule has 2 rings (SSSR count). The van der Waals surface area contributed by atoms with E-state index in [2.05, 4.69) is 24.0 Å². The molecule has 0 aliphatic rings. The van der Waals surface area contributed by atoms with Gasteiger partial charge >= 0.3 is 6.03 Å². The van der Waals surface area contributed by atoms with Gasteiger partial charge in [-0.2, -0.15) is 19.6 Å². The number of hydrogen-bond acceptors (Lipinski definition) is 3. The molecule has 0 bridgehead atoms. The van der Waals surface area contributed by atoms with Crippen LogP contribution in [0.5, 0.6) is 0 Å². The average Bonchev–Trinajstić information content (AvgIpc) is 2.99. The van der Waals surface area contributed by atoms with Gasteiger partial charge < -0.3 is 0 Å². The second-order valence-corrected chi connectivity index (χ2v) is 4.26. The van der Waals surface area contributed by atoms with E-state index in [1.807, 2.05) is 6.92 Å². The number of rotatable bonds is 3. The van der Waals surface area contributed by atoms with Crippen LogP contribution in [0.15, 0.2) is 18.5 Å². The van der Waals surface area contributed by atoms with Crippen molar-refractivity contribution in [3.63, 3.8) is 0 Å². The van der Waals surface area contributed by atoms with Gasteiger partial charge in [0.1, 0.15) is 0 Å². The summed E-state index contributed by atoms with van der Waals surface area (Å²) in [4.78, 5) is 12.2. The van der Waals surface area contributed by atoms with Gasteiger partial charge in [-0.25, -0.2) is 4.79 Å². The van der Waals surface area contributed by atoms with Gasteiger partial charge in [-0.1, -0.05) is 20.3 Å². The SMILES string of the molecule is CCCc1c(CC)nn(C(=O)n2cccn2)c1C. The molecule has 2 heterocycles. The van der Waals surface area contributed by atoms with Crippen LogP contribution in [0, 0.1) is 6.92 Å². The van der Waals surface area contributed by atoms with Crippen LogP contribution in [0.2, 0.25) is 0 Å². The second-order valence-electron chi connectivity index (χ2n) is 4.26. The molecule has 0 amide bonds. The number of nitrogens with zero attached hydrogens (tertiary/aromatic N) is 4. The van der Waals surface area contributed by atoms with Crippen LogP contribution in [0.3, 0.4) is 0 Å². The quantitative estimate of drug-likeness (QED) is 0.835. The molecular weight excluding hydrogens is 228 g/mol. The average molecular weight is 246 g/mol. The second kappa shape index (κ2) is 5.16. The number of hydrogen-bond donors (Lipinski definition) is 0. The molecule has 0 unspecified atom stereocenters. The maximum absolute atomic E-state index is 12.2. The summed E-state index contributed by atoms with van der Waals surface area (Å²) in [7, 11) is 0. The molecule has 0 atom stereocenters. The van der Waals surface area contributed by atoms with E-state index in [-0.39, 0.29) is 6.03 Å². The van der Waals surface area contributed by atoms with E-state index < -0.39 is 0 Å². The van der Waals surface area contributed by atoms with Crippen molar-refractivity contribution < 1.29 is 4.79 Å². The summed E-state index contributed by atoms with van der Waals surface area (Å²) in [6.45, 7) is 6.13. The first kappa shape index (κ1) is 12.5. The molecule has 0 aliphatic carbocycles. The summed E-state index contributed by atoms with van der Waals surface area (Å²) in [6.07, 6.45) is 6.07. The van der Waals surface area contributed by atoms with Crippen LogP contribution in [-0.4, -0.2) is 25.6 Å². The standard InChI is InChI=1S/C13H18N4O/c1-4-7-11-10(3)17(15-12(11)5-2)13(18)16-9-6-8-14-16/h6,8-9H,4-5,7H2,1-3H3. The fourth-order valence-electron chi connectivity index (χ4n) is 2.12. The predicted octanol–water partition coefficient (Wildman–Crippen LogP) is 2.42. The summed E-state index contributed by atoms with van der Waals surface area (Å²) < 4.78 is 2.76. The highest BCUT2D eigenvalue weighted by Crippen LogP contribution is 2.16. The van der Waals surface area contributed by atoms with Gasteiger partial charge in [0.05, 0.1) is 5.69 Å². The molecule has 0 radical (unpaired) electrons. The number of aryl methyl sites for hydroxylation is 1. The first-order chi connectivity index (χ1) is 8.69. The molecule has 2 aromatic heterocycles. The molecule has 0 aromatic carbocycles.